The lowest BCUT2D eigenvalue weighted by Gasteiger charge is -2.16. The molecule has 0 heterocycles. The molecule has 1 atom stereocenters. The number of amidine groups is 1. The number of halogens is 1. The predicted octanol–water partition coefficient (Wildman–Crippen LogP) is 2.92. The number of rotatable bonds is 4. The molecule has 0 spiro atoms. The van der Waals surface area contributed by atoms with E-state index in [1.807, 2.05) is 12.1 Å². The van der Waals surface area contributed by atoms with Crippen LogP contribution in [0.5, 0.6) is 0 Å². The molecule has 2 aromatic rings. The van der Waals surface area contributed by atoms with Gasteiger partial charge in [0.1, 0.15) is 5.92 Å². The van der Waals surface area contributed by atoms with Gasteiger partial charge in [0.15, 0.2) is 5.84 Å². The first kappa shape index (κ1) is 15.1. The summed E-state index contributed by atoms with van der Waals surface area (Å²) in [5, 5.41) is 14.6. The zero-order valence-corrected chi connectivity index (χ0v) is 12.6. The third-order valence-corrected chi connectivity index (χ3v) is 3.39. The number of hydrogen-bond donors (Lipinski definition) is 3. The number of oxime groups is 1. The number of amides is 1. The summed E-state index contributed by atoms with van der Waals surface area (Å²) in [5.41, 5.74) is 6.94. The maximum Gasteiger partial charge on any atom is 0.239 e. The van der Waals surface area contributed by atoms with E-state index in [0.717, 1.165) is 4.47 Å². The standard InChI is InChI=1S/C15H14BrN3O2/c16-11-7-4-8-12(9-11)18-15(20)13(14(17)19-21)10-5-2-1-3-6-10/h1-9,13,21H,(H2,17,19)(H,18,20). The van der Waals surface area contributed by atoms with Crippen LogP contribution in [0.3, 0.4) is 0 Å². The molecular weight excluding hydrogens is 334 g/mol. The van der Waals surface area contributed by atoms with E-state index >= 15 is 0 Å². The molecule has 0 saturated heterocycles. The smallest absolute Gasteiger partial charge is 0.239 e. The van der Waals surface area contributed by atoms with Crippen molar-refractivity contribution < 1.29 is 10.0 Å². The van der Waals surface area contributed by atoms with Crippen molar-refractivity contribution in [2.24, 2.45) is 10.9 Å². The third kappa shape index (κ3) is 3.82. The van der Waals surface area contributed by atoms with Crippen molar-refractivity contribution in [3.8, 4) is 0 Å². The Morgan fingerprint density at radius 2 is 1.90 bits per heavy atom. The fourth-order valence-electron chi connectivity index (χ4n) is 1.94. The van der Waals surface area contributed by atoms with Crippen molar-refractivity contribution in [1.29, 1.82) is 0 Å². The minimum Gasteiger partial charge on any atom is -0.409 e. The average Bonchev–Trinajstić information content (AvgIpc) is 2.48. The van der Waals surface area contributed by atoms with E-state index in [4.69, 9.17) is 10.9 Å². The van der Waals surface area contributed by atoms with Gasteiger partial charge in [-0.05, 0) is 23.8 Å². The van der Waals surface area contributed by atoms with Crippen LogP contribution >= 0.6 is 15.9 Å². The molecule has 2 aromatic carbocycles. The largest absolute Gasteiger partial charge is 0.409 e. The van der Waals surface area contributed by atoms with Gasteiger partial charge < -0.3 is 16.3 Å². The molecule has 0 fully saturated rings. The van der Waals surface area contributed by atoms with Crippen LogP contribution in [-0.4, -0.2) is 17.0 Å². The highest BCUT2D eigenvalue weighted by molar-refractivity contribution is 9.10. The molecule has 4 N–H and O–H groups in total. The molecule has 0 saturated carbocycles. The fourth-order valence-corrected chi connectivity index (χ4v) is 2.34. The summed E-state index contributed by atoms with van der Waals surface area (Å²) in [6.45, 7) is 0. The van der Waals surface area contributed by atoms with Gasteiger partial charge in [-0.3, -0.25) is 4.79 Å². The second-order valence-electron chi connectivity index (χ2n) is 4.37. The molecular formula is C15H14BrN3O2. The Labute approximate surface area is 130 Å². The van der Waals surface area contributed by atoms with Crippen LogP contribution < -0.4 is 11.1 Å². The fraction of sp³-hybridized carbons (Fsp3) is 0.0667. The Balaban J connectivity index is 2.27. The molecule has 108 valence electrons. The molecule has 2 rings (SSSR count). The quantitative estimate of drug-likeness (QED) is 0.344. The van der Waals surface area contributed by atoms with E-state index in [-0.39, 0.29) is 11.7 Å². The van der Waals surface area contributed by atoms with Gasteiger partial charge in [-0.15, -0.1) is 0 Å². The molecule has 5 nitrogen and oxygen atoms in total. The first-order valence-corrected chi connectivity index (χ1v) is 7.00. The summed E-state index contributed by atoms with van der Waals surface area (Å²) in [7, 11) is 0. The zero-order chi connectivity index (χ0) is 15.2. The third-order valence-electron chi connectivity index (χ3n) is 2.90. The van der Waals surface area contributed by atoms with Gasteiger partial charge in [0.2, 0.25) is 5.91 Å². The molecule has 0 aromatic heterocycles. The first-order chi connectivity index (χ1) is 10.1. The minimum absolute atomic E-state index is 0.159. The van der Waals surface area contributed by atoms with Crippen LogP contribution in [0.25, 0.3) is 0 Å². The molecule has 0 bridgehead atoms. The minimum atomic E-state index is -0.852. The topological polar surface area (TPSA) is 87.7 Å². The zero-order valence-electron chi connectivity index (χ0n) is 11.0. The lowest BCUT2D eigenvalue weighted by atomic mass is 9.97. The van der Waals surface area contributed by atoms with Gasteiger partial charge >= 0.3 is 0 Å². The van der Waals surface area contributed by atoms with Crippen LogP contribution in [0.15, 0.2) is 64.2 Å². The van der Waals surface area contributed by atoms with Crippen LogP contribution in [0.2, 0.25) is 0 Å². The van der Waals surface area contributed by atoms with Gasteiger partial charge in [0.05, 0.1) is 0 Å². The number of nitrogens with one attached hydrogen (secondary N) is 1. The Kier molecular flexibility index (Phi) is 4.94. The Hall–Kier alpha value is -2.34. The highest BCUT2D eigenvalue weighted by atomic mass is 79.9. The van der Waals surface area contributed by atoms with Crippen molar-refractivity contribution in [3.63, 3.8) is 0 Å². The molecule has 6 heteroatoms. The first-order valence-electron chi connectivity index (χ1n) is 6.20. The number of anilines is 1. The van der Waals surface area contributed by atoms with Gasteiger partial charge in [-0.2, -0.15) is 0 Å². The van der Waals surface area contributed by atoms with Gasteiger partial charge in [-0.25, -0.2) is 0 Å². The predicted molar refractivity (Wildman–Crippen MR) is 85.4 cm³/mol. The number of carbonyl (C=O) groups is 1. The molecule has 0 radical (unpaired) electrons. The maximum atomic E-state index is 12.4. The number of hydrogen-bond acceptors (Lipinski definition) is 3. The lowest BCUT2D eigenvalue weighted by molar-refractivity contribution is -0.116. The van der Waals surface area contributed by atoms with Crippen molar-refractivity contribution in [1.82, 2.24) is 0 Å². The number of nitrogens with two attached hydrogens (primary N) is 1. The molecule has 1 amide bonds. The van der Waals surface area contributed by atoms with Crippen molar-refractivity contribution in [2.75, 3.05) is 5.32 Å². The Bertz CT molecular complexity index is 659. The van der Waals surface area contributed by atoms with Crippen LogP contribution in [-0.2, 0) is 4.79 Å². The summed E-state index contributed by atoms with van der Waals surface area (Å²) in [4.78, 5) is 12.4. The normalized spacial score (nSPS) is 12.7. The highest BCUT2D eigenvalue weighted by Crippen LogP contribution is 2.20. The van der Waals surface area contributed by atoms with Crippen molar-refractivity contribution >= 4 is 33.4 Å². The lowest BCUT2D eigenvalue weighted by Crippen LogP contribution is -2.32. The average molecular weight is 348 g/mol. The van der Waals surface area contributed by atoms with E-state index in [1.165, 1.54) is 0 Å². The second-order valence-corrected chi connectivity index (χ2v) is 5.28. The summed E-state index contributed by atoms with van der Waals surface area (Å²) in [5.74, 6) is -1.38. The molecule has 0 aliphatic carbocycles. The van der Waals surface area contributed by atoms with Crippen LogP contribution in [0, 0.1) is 0 Å². The van der Waals surface area contributed by atoms with Crippen molar-refractivity contribution in [3.05, 3.63) is 64.6 Å². The number of benzene rings is 2. The monoisotopic (exact) mass is 347 g/mol. The van der Waals surface area contributed by atoms with E-state index in [0.29, 0.717) is 11.3 Å². The second kappa shape index (κ2) is 6.90. The molecule has 1 unspecified atom stereocenters. The Morgan fingerprint density at radius 1 is 1.19 bits per heavy atom. The van der Waals surface area contributed by atoms with E-state index < -0.39 is 5.92 Å². The van der Waals surface area contributed by atoms with Gasteiger partial charge in [0, 0.05) is 10.2 Å². The summed E-state index contributed by atoms with van der Waals surface area (Å²) in [6.07, 6.45) is 0. The number of carbonyl (C=O) groups excluding carboxylic acids is 1. The highest BCUT2D eigenvalue weighted by Gasteiger charge is 2.25. The molecule has 0 aliphatic heterocycles. The van der Waals surface area contributed by atoms with Crippen LogP contribution in [0.4, 0.5) is 5.69 Å². The Morgan fingerprint density at radius 3 is 2.52 bits per heavy atom. The number of nitrogens with zero attached hydrogens (tertiary/aromatic N) is 1. The van der Waals surface area contributed by atoms with Crippen molar-refractivity contribution in [2.45, 2.75) is 5.92 Å². The summed E-state index contributed by atoms with van der Waals surface area (Å²) < 4.78 is 0.848. The molecule has 21 heavy (non-hydrogen) atoms. The molecule has 0 aliphatic rings. The van der Waals surface area contributed by atoms with Crippen LogP contribution in [0.1, 0.15) is 11.5 Å². The summed E-state index contributed by atoms with van der Waals surface area (Å²) in [6, 6.07) is 16.1. The summed E-state index contributed by atoms with van der Waals surface area (Å²) >= 11 is 3.34. The van der Waals surface area contributed by atoms with Gasteiger partial charge in [-0.1, -0.05) is 57.5 Å². The van der Waals surface area contributed by atoms with E-state index in [1.54, 1.807) is 42.5 Å². The maximum absolute atomic E-state index is 12.4. The van der Waals surface area contributed by atoms with E-state index in [9.17, 15) is 4.79 Å². The van der Waals surface area contributed by atoms with Gasteiger partial charge in [0.25, 0.3) is 0 Å². The van der Waals surface area contributed by atoms with E-state index in [2.05, 4.69) is 26.4 Å². The SMILES string of the molecule is NC(=NO)C(C(=O)Nc1cccc(Br)c1)c1ccccc1.